The van der Waals surface area contributed by atoms with E-state index >= 15 is 0 Å². The van der Waals surface area contributed by atoms with E-state index in [1.54, 1.807) is 0 Å². The Morgan fingerprint density at radius 1 is 1.17 bits per heavy atom. The lowest BCUT2D eigenvalue weighted by molar-refractivity contribution is -0.00253. The number of carbonyl (C=O) groups excluding carboxylic acids is 1. The van der Waals surface area contributed by atoms with Crippen molar-refractivity contribution in [3.05, 3.63) is 34.3 Å². The third-order valence-electron chi connectivity index (χ3n) is 9.32. The summed E-state index contributed by atoms with van der Waals surface area (Å²) in [5, 5.41) is 3.90. The molecule has 0 aliphatic heterocycles. The Labute approximate surface area is 186 Å². The van der Waals surface area contributed by atoms with E-state index in [-0.39, 0.29) is 5.91 Å². The smallest absolute Gasteiger partial charge is 0.252 e. The second-order valence-electron chi connectivity index (χ2n) is 10.9. The number of amides is 1. The Morgan fingerprint density at radius 2 is 2.00 bits per heavy atom. The maximum Gasteiger partial charge on any atom is 0.252 e. The Kier molecular flexibility index (Phi) is 5.42. The van der Waals surface area contributed by atoms with Crippen molar-refractivity contribution in [3.8, 4) is 0 Å². The molecule has 0 aromatic heterocycles. The lowest BCUT2D eigenvalue weighted by Gasteiger charge is -2.49. The van der Waals surface area contributed by atoms with E-state index in [1.165, 1.54) is 44.1 Å². The molecular formula is C26H37ClN2O. The van der Waals surface area contributed by atoms with E-state index in [0.717, 1.165) is 56.8 Å². The van der Waals surface area contributed by atoms with Crippen LogP contribution in [-0.2, 0) is 6.42 Å². The van der Waals surface area contributed by atoms with Crippen LogP contribution in [0.5, 0.6) is 0 Å². The number of benzene rings is 1. The summed E-state index contributed by atoms with van der Waals surface area (Å²) in [6.45, 7) is 8.55. The molecule has 1 N–H and O–H groups in total. The van der Waals surface area contributed by atoms with Crippen molar-refractivity contribution in [2.24, 2.45) is 28.6 Å². The fraction of sp³-hybridized carbons (Fsp3) is 0.731. The lowest BCUT2D eigenvalue weighted by atomic mass is 9.55. The molecule has 5 rings (SSSR count). The van der Waals surface area contributed by atoms with Crippen LogP contribution < -0.4 is 5.32 Å². The summed E-state index contributed by atoms with van der Waals surface area (Å²) in [6, 6.07) is 6.00. The molecule has 164 valence electrons. The molecule has 1 spiro atoms. The highest BCUT2D eigenvalue weighted by Crippen LogP contribution is 2.78. The minimum absolute atomic E-state index is 0.0196. The Hall–Kier alpha value is -1.06. The molecule has 4 aliphatic rings. The zero-order valence-electron chi connectivity index (χ0n) is 18.7. The van der Waals surface area contributed by atoms with Gasteiger partial charge in [0.25, 0.3) is 5.91 Å². The Bertz CT molecular complexity index is 817. The van der Waals surface area contributed by atoms with Gasteiger partial charge in [-0.3, -0.25) is 4.79 Å². The molecule has 4 heteroatoms. The molecule has 1 aromatic rings. The van der Waals surface area contributed by atoms with Crippen molar-refractivity contribution in [2.45, 2.75) is 65.2 Å². The van der Waals surface area contributed by atoms with Crippen LogP contribution in [0.15, 0.2) is 18.2 Å². The van der Waals surface area contributed by atoms with Gasteiger partial charge in [0.05, 0.1) is 10.6 Å². The van der Waals surface area contributed by atoms with Crippen LogP contribution >= 0.6 is 11.6 Å². The molecule has 0 heterocycles. The van der Waals surface area contributed by atoms with Crippen molar-refractivity contribution in [1.82, 2.24) is 10.2 Å². The van der Waals surface area contributed by atoms with Crippen LogP contribution in [0, 0.1) is 28.6 Å². The average molecular weight is 429 g/mol. The Balaban J connectivity index is 1.20. The standard InChI is InChI=1S/C26H37ClN2O/c1-3-29(4-2)9-5-6-18-7-8-23(27)22(11-18)24(30)28-17-25-13-19-10-20-12-21(15-25)26(20,14-19)16-25/h7-8,11,19-21H,3-6,9-10,12-17H2,1-2H3,(H,28,30). The van der Waals surface area contributed by atoms with Gasteiger partial charge in [-0.1, -0.05) is 31.5 Å². The quantitative estimate of drug-likeness (QED) is 0.558. The van der Waals surface area contributed by atoms with Crippen LogP contribution in [0.1, 0.15) is 74.7 Å². The maximum atomic E-state index is 13.1. The number of nitrogens with one attached hydrogen (secondary N) is 1. The summed E-state index contributed by atoms with van der Waals surface area (Å²) >= 11 is 6.43. The monoisotopic (exact) mass is 428 g/mol. The molecule has 5 atom stereocenters. The number of rotatable bonds is 9. The van der Waals surface area contributed by atoms with Gasteiger partial charge in [0.1, 0.15) is 0 Å². The summed E-state index contributed by atoms with van der Waals surface area (Å²) in [4.78, 5) is 15.5. The van der Waals surface area contributed by atoms with Crippen LogP contribution in [-0.4, -0.2) is 37.0 Å². The van der Waals surface area contributed by atoms with E-state index in [4.69, 9.17) is 11.6 Å². The molecule has 30 heavy (non-hydrogen) atoms. The first kappa shape index (κ1) is 20.8. The van der Waals surface area contributed by atoms with E-state index in [2.05, 4.69) is 30.1 Å². The van der Waals surface area contributed by atoms with Crippen molar-refractivity contribution < 1.29 is 4.79 Å². The summed E-state index contributed by atoms with van der Waals surface area (Å²) < 4.78 is 0. The largest absolute Gasteiger partial charge is 0.351 e. The minimum Gasteiger partial charge on any atom is -0.351 e. The molecule has 0 radical (unpaired) electrons. The molecule has 3 bridgehead atoms. The first-order valence-electron chi connectivity index (χ1n) is 12.3. The van der Waals surface area contributed by atoms with Gasteiger partial charge in [0.2, 0.25) is 0 Å². The van der Waals surface area contributed by atoms with Crippen molar-refractivity contribution >= 4 is 17.5 Å². The minimum atomic E-state index is 0.0196. The topological polar surface area (TPSA) is 32.3 Å². The fourth-order valence-corrected chi connectivity index (χ4v) is 8.26. The van der Waals surface area contributed by atoms with Gasteiger partial charge in [0, 0.05) is 6.54 Å². The highest BCUT2D eigenvalue weighted by atomic mass is 35.5. The second kappa shape index (κ2) is 7.81. The van der Waals surface area contributed by atoms with Gasteiger partial charge in [-0.05, 0) is 117 Å². The first-order valence-corrected chi connectivity index (χ1v) is 12.6. The summed E-state index contributed by atoms with van der Waals surface area (Å²) in [5.41, 5.74) is 2.91. The van der Waals surface area contributed by atoms with E-state index in [0.29, 0.717) is 21.4 Å². The molecule has 4 fully saturated rings. The molecule has 4 aliphatic carbocycles. The molecule has 1 amide bonds. The third-order valence-corrected chi connectivity index (χ3v) is 9.65. The highest BCUT2D eigenvalue weighted by Gasteiger charge is 2.70. The zero-order chi connectivity index (χ0) is 20.9. The molecule has 0 saturated heterocycles. The fourth-order valence-electron chi connectivity index (χ4n) is 8.06. The number of hydrogen-bond donors (Lipinski definition) is 1. The van der Waals surface area contributed by atoms with Gasteiger partial charge in [-0.2, -0.15) is 0 Å². The molecule has 5 unspecified atom stereocenters. The van der Waals surface area contributed by atoms with Gasteiger partial charge in [-0.15, -0.1) is 0 Å². The van der Waals surface area contributed by atoms with Gasteiger partial charge < -0.3 is 10.2 Å². The maximum absolute atomic E-state index is 13.1. The lowest BCUT2D eigenvalue weighted by Crippen LogP contribution is -2.43. The summed E-state index contributed by atoms with van der Waals surface area (Å²) in [5.74, 6) is 2.90. The van der Waals surface area contributed by atoms with Gasteiger partial charge in [0.15, 0.2) is 0 Å². The average Bonchev–Trinajstić information content (AvgIpc) is 3.05. The number of aryl methyl sites for hydroxylation is 1. The number of carbonyl (C=O) groups is 1. The highest BCUT2D eigenvalue weighted by molar-refractivity contribution is 6.33. The normalized spacial score (nSPS) is 35.5. The van der Waals surface area contributed by atoms with Crippen LogP contribution in [0.3, 0.4) is 0 Å². The number of fused-ring (bicyclic) bond motifs is 2. The van der Waals surface area contributed by atoms with Crippen LogP contribution in [0.25, 0.3) is 0 Å². The van der Waals surface area contributed by atoms with E-state index in [9.17, 15) is 4.79 Å². The van der Waals surface area contributed by atoms with Crippen LogP contribution in [0.4, 0.5) is 0 Å². The van der Waals surface area contributed by atoms with E-state index < -0.39 is 0 Å². The predicted octanol–water partition coefficient (Wildman–Crippen LogP) is 5.56. The first-order chi connectivity index (χ1) is 14.5. The van der Waals surface area contributed by atoms with Crippen molar-refractivity contribution in [2.75, 3.05) is 26.2 Å². The Morgan fingerprint density at radius 3 is 2.80 bits per heavy atom. The molecule has 1 aromatic carbocycles. The predicted molar refractivity (Wildman–Crippen MR) is 123 cm³/mol. The summed E-state index contributed by atoms with van der Waals surface area (Å²) in [7, 11) is 0. The van der Waals surface area contributed by atoms with Crippen molar-refractivity contribution in [1.29, 1.82) is 0 Å². The number of nitrogens with zero attached hydrogens (tertiary/aromatic N) is 1. The molecule has 3 nitrogen and oxygen atoms in total. The third kappa shape index (κ3) is 3.41. The van der Waals surface area contributed by atoms with Crippen molar-refractivity contribution in [3.63, 3.8) is 0 Å². The van der Waals surface area contributed by atoms with Gasteiger partial charge >= 0.3 is 0 Å². The summed E-state index contributed by atoms with van der Waals surface area (Å²) in [6.07, 6.45) is 10.6. The number of halogens is 1. The zero-order valence-corrected chi connectivity index (χ0v) is 19.4. The SMILES string of the molecule is CCN(CC)CCCc1ccc(Cl)c(C(=O)NCC23CC4CC5CC(C2)C5(C4)C3)c1. The molecule has 4 saturated carbocycles. The second-order valence-corrected chi connectivity index (χ2v) is 11.3. The van der Waals surface area contributed by atoms with Crippen LogP contribution in [0.2, 0.25) is 5.02 Å². The van der Waals surface area contributed by atoms with E-state index in [1.807, 2.05) is 12.1 Å². The van der Waals surface area contributed by atoms with Gasteiger partial charge in [-0.25, -0.2) is 0 Å². The molecular weight excluding hydrogens is 392 g/mol. The number of hydrogen-bond acceptors (Lipinski definition) is 2.